The highest BCUT2D eigenvalue weighted by atomic mass is 35.5. The largest absolute Gasteiger partial charge is 0.383 e. The molecular weight excluding hydrogens is 365 g/mol. The predicted octanol–water partition coefficient (Wildman–Crippen LogP) is 4.44. The molecule has 4 rings (SSSR count). The second-order valence-corrected chi connectivity index (χ2v) is 6.88. The van der Waals surface area contributed by atoms with E-state index in [4.69, 9.17) is 11.6 Å². The van der Waals surface area contributed by atoms with E-state index in [0.717, 1.165) is 37.4 Å². The number of fused-ring (bicyclic) bond motifs is 1. The molecule has 7 heteroatoms. The van der Waals surface area contributed by atoms with E-state index < -0.39 is 5.82 Å². The van der Waals surface area contributed by atoms with Gasteiger partial charge in [-0.15, -0.1) is 0 Å². The molecule has 0 saturated heterocycles. The monoisotopic (exact) mass is 383 g/mol. The number of benzene rings is 1. The first kappa shape index (κ1) is 17.7. The standard InChI is InChI=1S/C20H19ClFN5/c21-17-9-16(1-2-18(17)22)26-20-10-19-15(11-25-20)13-27(8-7-24-19)12-14-3-5-23-6-4-14/h1-6,9-11,24H,7-8,12-13H2,(H,25,26). The van der Waals surface area contributed by atoms with Crippen LogP contribution >= 0.6 is 11.6 Å². The molecule has 0 aliphatic carbocycles. The van der Waals surface area contributed by atoms with Gasteiger partial charge in [0.2, 0.25) is 0 Å². The second-order valence-electron chi connectivity index (χ2n) is 6.47. The molecule has 0 amide bonds. The summed E-state index contributed by atoms with van der Waals surface area (Å²) in [4.78, 5) is 10.9. The average Bonchev–Trinajstić information content (AvgIpc) is 2.87. The summed E-state index contributed by atoms with van der Waals surface area (Å²) in [6.45, 7) is 3.48. The Morgan fingerprint density at radius 1 is 1.19 bits per heavy atom. The second kappa shape index (κ2) is 7.90. The predicted molar refractivity (Wildman–Crippen MR) is 106 cm³/mol. The molecule has 0 radical (unpaired) electrons. The van der Waals surface area contributed by atoms with Gasteiger partial charge in [0.05, 0.1) is 5.02 Å². The van der Waals surface area contributed by atoms with Crippen molar-refractivity contribution in [3.05, 3.63) is 77.0 Å². The van der Waals surface area contributed by atoms with E-state index in [1.807, 2.05) is 36.8 Å². The first-order chi connectivity index (χ1) is 13.2. The third kappa shape index (κ3) is 4.35. The minimum Gasteiger partial charge on any atom is -0.383 e. The zero-order valence-corrected chi connectivity index (χ0v) is 15.4. The smallest absolute Gasteiger partial charge is 0.141 e. The molecule has 0 saturated carbocycles. The highest BCUT2D eigenvalue weighted by Crippen LogP contribution is 2.26. The number of halogens is 2. The molecule has 2 aromatic heterocycles. The number of hydrogen-bond acceptors (Lipinski definition) is 5. The Bertz CT molecular complexity index is 935. The number of aromatic nitrogens is 2. The van der Waals surface area contributed by atoms with Gasteiger partial charge in [-0.1, -0.05) is 11.6 Å². The average molecular weight is 384 g/mol. The lowest BCUT2D eigenvalue weighted by Gasteiger charge is -2.19. The van der Waals surface area contributed by atoms with Crippen LogP contribution in [0, 0.1) is 5.82 Å². The topological polar surface area (TPSA) is 53.1 Å². The summed E-state index contributed by atoms with van der Waals surface area (Å²) in [7, 11) is 0. The molecule has 0 spiro atoms. The summed E-state index contributed by atoms with van der Waals surface area (Å²) in [5, 5.41) is 6.72. The van der Waals surface area contributed by atoms with Gasteiger partial charge in [0.15, 0.2) is 0 Å². The van der Waals surface area contributed by atoms with Crippen molar-refractivity contribution >= 4 is 28.8 Å². The molecular formula is C20H19ClFN5. The molecule has 1 aromatic carbocycles. The van der Waals surface area contributed by atoms with Crippen LogP contribution in [-0.4, -0.2) is 28.0 Å². The van der Waals surface area contributed by atoms with Crippen LogP contribution < -0.4 is 10.6 Å². The highest BCUT2D eigenvalue weighted by Gasteiger charge is 2.15. The van der Waals surface area contributed by atoms with Crippen molar-refractivity contribution in [1.82, 2.24) is 14.9 Å². The van der Waals surface area contributed by atoms with Crippen LogP contribution in [0.5, 0.6) is 0 Å². The summed E-state index contributed by atoms with van der Waals surface area (Å²) in [5.74, 6) is 0.250. The Morgan fingerprint density at radius 2 is 2.04 bits per heavy atom. The van der Waals surface area contributed by atoms with Gasteiger partial charge in [-0.3, -0.25) is 9.88 Å². The summed E-state index contributed by atoms with van der Waals surface area (Å²) >= 11 is 5.84. The van der Waals surface area contributed by atoms with Gasteiger partial charge in [-0.05, 0) is 35.9 Å². The van der Waals surface area contributed by atoms with Crippen LogP contribution in [0.4, 0.5) is 21.6 Å². The van der Waals surface area contributed by atoms with Crippen molar-refractivity contribution in [3.8, 4) is 0 Å². The Labute approximate surface area is 162 Å². The Hall–Kier alpha value is -2.70. The van der Waals surface area contributed by atoms with E-state index in [-0.39, 0.29) is 5.02 Å². The molecule has 3 heterocycles. The number of anilines is 3. The SMILES string of the molecule is Fc1ccc(Nc2cc3c(cn2)CN(Cc2ccncc2)CCN3)cc1Cl. The Kier molecular flexibility index (Phi) is 5.18. The number of rotatable bonds is 4. The Balaban J connectivity index is 1.49. The zero-order valence-electron chi connectivity index (χ0n) is 14.6. The lowest BCUT2D eigenvalue weighted by molar-refractivity contribution is 0.271. The number of pyridine rings is 2. The molecule has 3 aromatic rings. The molecule has 1 aliphatic heterocycles. The van der Waals surface area contributed by atoms with Crippen molar-refractivity contribution < 1.29 is 4.39 Å². The number of nitrogens with one attached hydrogen (secondary N) is 2. The third-order valence-electron chi connectivity index (χ3n) is 4.47. The first-order valence-electron chi connectivity index (χ1n) is 8.73. The maximum absolute atomic E-state index is 13.3. The van der Waals surface area contributed by atoms with Gasteiger partial charge in [0.25, 0.3) is 0 Å². The molecule has 0 atom stereocenters. The van der Waals surface area contributed by atoms with E-state index in [1.165, 1.54) is 11.6 Å². The lowest BCUT2D eigenvalue weighted by Crippen LogP contribution is -2.25. The van der Waals surface area contributed by atoms with Crippen molar-refractivity contribution in [2.45, 2.75) is 13.1 Å². The summed E-state index contributed by atoms with van der Waals surface area (Å²) in [5.41, 5.74) is 4.14. The molecule has 0 bridgehead atoms. The van der Waals surface area contributed by atoms with Gasteiger partial charge < -0.3 is 10.6 Å². The van der Waals surface area contributed by atoms with Crippen LogP contribution in [0.1, 0.15) is 11.1 Å². The van der Waals surface area contributed by atoms with Gasteiger partial charge in [-0.25, -0.2) is 9.37 Å². The fraction of sp³-hybridized carbons (Fsp3) is 0.200. The zero-order chi connectivity index (χ0) is 18.6. The van der Waals surface area contributed by atoms with E-state index in [2.05, 4.69) is 25.5 Å². The van der Waals surface area contributed by atoms with Crippen LogP contribution in [0.3, 0.4) is 0 Å². The van der Waals surface area contributed by atoms with Crippen molar-refractivity contribution in [1.29, 1.82) is 0 Å². The van der Waals surface area contributed by atoms with E-state index >= 15 is 0 Å². The fourth-order valence-corrected chi connectivity index (χ4v) is 3.29. The normalized spacial score (nSPS) is 14.1. The maximum atomic E-state index is 13.3. The molecule has 1 aliphatic rings. The van der Waals surface area contributed by atoms with Crippen LogP contribution in [0.2, 0.25) is 5.02 Å². The molecule has 0 fully saturated rings. The van der Waals surface area contributed by atoms with Crippen molar-refractivity contribution in [3.63, 3.8) is 0 Å². The molecule has 27 heavy (non-hydrogen) atoms. The van der Waals surface area contributed by atoms with Crippen molar-refractivity contribution in [2.75, 3.05) is 23.7 Å². The minimum atomic E-state index is -0.437. The van der Waals surface area contributed by atoms with Crippen LogP contribution in [0.25, 0.3) is 0 Å². The number of hydrogen-bond donors (Lipinski definition) is 2. The first-order valence-corrected chi connectivity index (χ1v) is 9.11. The summed E-state index contributed by atoms with van der Waals surface area (Å²) in [6, 6.07) is 10.6. The van der Waals surface area contributed by atoms with E-state index in [0.29, 0.717) is 11.5 Å². The van der Waals surface area contributed by atoms with Gasteiger partial charge in [0.1, 0.15) is 11.6 Å². The minimum absolute atomic E-state index is 0.0830. The third-order valence-corrected chi connectivity index (χ3v) is 4.76. The van der Waals surface area contributed by atoms with Crippen molar-refractivity contribution in [2.24, 2.45) is 0 Å². The molecule has 138 valence electrons. The van der Waals surface area contributed by atoms with Gasteiger partial charge >= 0.3 is 0 Å². The fourth-order valence-electron chi connectivity index (χ4n) is 3.11. The molecule has 2 N–H and O–H groups in total. The molecule has 5 nitrogen and oxygen atoms in total. The number of nitrogens with zero attached hydrogens (tertiary/aromatic N) is 3. The molecule has 0 unspecified atom stereocenters. The summed E-state index contributed by atoms with van der Waals surface area (Å²) < 4.78 is 13.3. The maximum Gasteiger partial charge on any atom is 0.141 e. The van der Waals surface area contributed by atoms with Crippen LogP contribution in [-0.2, 0) is 13.1 Å². The van der Waals surface area contributed by atoms with Gasteiger partial charge in [0, 0.05) is 67.8 Å². The quantitative estimate of drug-likeness (QED) is 0.697. The Morgan fingerprint density at radius 3 is 2.85 bits per heavy atom. The lowest BCUT2D eigenvalue weighted by atomic mass is 10.2. The van der Waals surface area contributed by atoms with E-state index in [1.54, 1.807) is 12.1 Å². The van der Waals surface area contributed by atoms with E-state index in [9.17, 15) is 4.39 Å². The summed E-state index contributed by atoms with van der Waals surface area (Å²) in [6.07, 6.45) is 5.52. The van der Waals surface area contributed by atoms with Gasteiger partial charge in [-0.2, -0.15) is 0 Å². The highest BCUT2D eigenvalue weighted by molar-refractivity contribution is 6.31. The van der Waals surface area contributed by atoms with Crippen LogP contribution in [0.15, 0.2) is 55.0 Å².